The average Bonchev–Trinajstić information content (AvgIpc) is 2.14. The summed E-state index contributed by atoms with van der Waals surface area (Å²) < 4.78 is 0. The molecule has 0 amide bonds. The van der Waals surface area contributed by atoms with Crippen LogP contribution in [0.25, 0.3) is 0 Å². The molecule has 1 aromatic rings. The van der Waals surface area contributed by atoms with E-state index < -0.39 is 0 Å². The molecule has 1 atom stereocenters. The van der Waals surface area contributed by atoms with E-state index in [2.05, 4.69) is 51.2 Å². The fourth-order valence-corrected chi connectivity index (χ4v) is 2.09. The molecular weight excluding hydrogens is 182 g/mol. The Bertz CT molecular complexity index is 315. The molecule has 0 aliphatic heterocycles. The maximum absolute atomic E-state index is 3.41. The third kappa shape index (κ3) is 3.35. The Hall–Kier alpha value is -0.820. The normalized spacial score (nSPS) is 13.2. The van der Waals surface area contributed by atoms with E-state index in [9.17, 15) is 0 Å². The van der Waals surface area contributed by atoms with Crippen LogP contribution in [0.3, 0.4) is 0 Å². The lowest BCUT2D eigenvalue weighted by atomic mass is 9.93. The lowest BCUT2D eigenvalue weighted by Crippen LogP contribution is -2.19. The maximum Gasteiger partial charge on any atom is 0.0322 e. The molecule has 0 fully saturated rings. The molecule has 0 saturated carbocycles. The number of benzene rings is 1. The van der Waals surface area contributed by atoms with E-state index in [1.54, 1.807) is 0 Å². The Morgan fingerprint density at radius 3 is 2.33 bits per heavy atom. The number of hydrogen-bond acceptors (Lipinski definition) is 1. The van der Waals surface area contributed by atoms with E-state index in [0.717, 1.165) is 5.92 Å². The van der Waals surface area contributed by atoms with Gasteiger partial charge in [0.15, 0.2) is 0 Å². The van der Waals surface area contributed by atoms with Gasteiger partial charge in [-0.05, 0) is 44.4 Å². The molecule has 15 heavy (non-hydrogen) atoms. The summed E-state index contributed by atoms with van der Waals surface area (Å²) in [6.45, 7) is 8.89. The van der Waals surface area contributed by atoms with Crippen LogP contribution in [0.15, 0.2) is 18.2 Å². The van der Waals surface area contributed by atoms with Crippen molar-refractivity contribution >= 4 is 0 Å². The Morgan fingerprint density at radius 2 is 1.87 bits per heavy atom. The molecule has 1 unspecified atom stereocenters. The summed E-state index contributed by atoms with van der Waals surface area (Å²) in [5.74, 6) is 0.725. The van der Waals surface area contributed by atoms with Crippen molar-refractivity contribution in [3.8, 4) is 0 Å². The monoisotopic (exact) mass is 205 g/mol. The van der Waals surface area contributed by atoms with Crippen LogP contribution in [0.5, 0.6) is 0 Å². The lowest BCUT2D eigenvalue weighted by Gasteiger charge is -2.21. The summed E-state index contributed by atoms with van der Waals surface area (Å²) in [5.41, 5.74) is 4.18. The zero-order valence-electron chi connectivity index (χ0n) is 10.6. The van der Waals surface area contributed by atoms with Gasteiger partial charge in [0.25, 0.3) is 0 Å². The third-order valence-corrected chi connectivity index (χ3v) is 2.86. The molecular formula is C14H23N. The second-order valence-corrected chi connectivity index (χ2v) is 4.83. The van der Waals surface area contributed by atoms with Crippen molar-refractivity contribution in [2.75, 3.05) is 7.05 Å². The van der Waals surface area contributed by atoms with Crippen LogP contribution in [0.4, 0.5) is 0 Å². The SMILES string of the molecule is CNC(CC(C)C)c1ccc(C)cc1C. The van der Waals surface area contributed by atoms with Crippen LogP contribution in [0, 0.1) is 19.8 Å². The van der Waals surface area contributed by atoms with E-state index in [4.69, 9.17) is 0 Å². The summed E-state index contributed by atoms with van der Waals surface area (Å²) in [5, 5.41) is 3.41. The van der Waals surface area contributed by atoms with Gasteiger partial charge in [-0.1, -0.05) is 37.6 Å². The minimum absolute atomic E-state index is 0.491. The molecule has 1 rings (SSSR count). The van der Waals surface area contributed by atoms with Crippen molar-refractivity contribution in [1.29, 1.82) is 0 Å². The highest BCUT2D eigenvalue weighted by Gasteiger charge is 2.12. The average molecular weight is 205 g/mol. The molecule has 0 spiro atoms. The quantitative estimate of drug-likeness (QED) is 0.791. The van der Waals surface area contributed by atoms with Gasteiger partial charge in [0, 0.05) is 6.04 Å². The molecule has 0 heterocycles. The van der Waals surface area contributed by atoms with Gasteiger partial charge in [0.05, 0.1) is 0 Å². The van der Waals surface area contributed by atoms with Crippen LogP contribution in [-0.4, -0.2) is 7.05 Å². The smallest absolute Gasteiger partial charge is 0.0322 e. The Morgan fingerprint density at radius 1 is 1.20 bits per heavy atom. The first-order valence-electron chi connectivity index (χ1n) is 5.79. The summed E-state index contributed by atoms with van der Waals surface area (Å²) in [4.78, 5) is 0. The fourth-order valence-electron chi connectivity index (χ4n) is 2.09. The molecule has 1 N–H and O–H groups in total. The molecule has 0 aliphatic rings. The molecule has 1 aromatic carbocycles. The van der Waals surface area contributed by atoms with E-state index in [1.807, 2.05) is 7.05 Å². The van der Waals surface area contributed by atoms with Gasteiger partial charge in [-0.2, -0.15) is 0 Å². The lowest BCUT2D eigenvalue weighted by molar-refractivity contribution is 0.455. The van der Waals surface area contributed by atoms with E-state index >= 15 is 0 Å². The van der Waals surface area contributed by atoms with E-state index in [-0.39, 0.29) is 0 Å². The molecule has 0 radical (unpaired) electrons. The summed E-state index contributed by atoms with van der Waals surface area (Å²) in [7, 11) is 2.05. The van der Waals surface area contributed by atoms with Gasteiger partial charge >= 0.3 is 0 Å². The first-order chi connectivity index (χ1) is 7.04. The first kappa shape index (κ1) is 12.3. The number of aryl methyl sites for hydroxylation is 2. The molecule has 1 heteroatoms. The topological polar surface area (TPSA) is 12.0 Å². The second kappa shape index (κ2) is 5.32. The number of nitrogens with one attached hydrogen (secondary N) is 1. The molecule has 0 aromatic heterocycles. The van der Waals surface area contributed by atoms with Crippen molar-refractivity contribution < 1.29 is 0 Å². The Balaban J connectivity index is 2.91. The summed E-state index contributed by atoms with van der Waals surface area (Å²) in [6, 6.07) is 7.21. The van der Waals surface area contributed by atoms with Crippen molar-refractivity contribution in [2.24, 2.45) is 5.92 Å². The van der Waals surface area contributed by atoms with Crippen LogP contribution in [0.1, 0.15) is 43.0 Å². The number of hydrogen-bond donors (Lipinski definition) is 1. The van der Waals surface area contributed by atoms with Crippen molar-refractivity contribution in [3.63, 3.8) is 0 Å². The Kier molecular flexibility index (Phi) is 4.34. The summed E-state index contributed by atoms with van der Waals surface area (Å²) in [6.07, 6.45) is 1.19. The summed E-state index contributed by atoms with van der Waals surface area (Å²) >= 11 is 0. The highest BCUT2D eigenvalue weighted by Crippen LogP contribution is 2.24. The molecule has 84 valence electrons. The highest BCUT2D eigenvalue weighted by atomic mass is 14.9. The largest absolute Gasteiger partial charge is 0.313 e. The van der Waals surface area contributed by atoms with Crippen LogP contribution in [0.2, 0.25) is 0 Å². The van der Waals surface area contributed by atoms with Crippen molar-refractivity contribution in [1.82, 2.24) is 5.32 Å². The first-order valence-corrected chi connectivity index (χ1v) is 5.79. The van der Waals surface area contributed by atoms with E-state index in [0.29, 0.717) is 6.04 Å². The van der Waals surface area contributed by atoms with Crippen LogP contribution >= 0.6 is 0 Å². The zero-order valence-corrected chi connectivity index (χ0v) is 10.6. The predicted molar refractivity (Wildman–Crippen MR) is 67.2 cm³/mol. The van der Waals surface area contributed by atoms with Crippen LogP contribution in [-0.2, 0) is 0 Å². The second-order valence-electron chi connectivity index (χ2n) is 4.83. The van der Waals surface area contributed by atoms with Gasteiger partial charge in [0.2, 0.25) is 0 Å². The van der Waals surface area contributed by atoms with Gasteiger partial charge in [-0.25, -0.2) is 0 Å². The Labute approximate surface area is 93.9 Å². The molecule has 1 nitrogen and oxygen atoms in total. The van der Waals surface area contributed by atoms with Gasteiger partial charge in [-0.15, -0.1) is 0 Å². The molecule has 0 bridgehead atoms. The van der Waals surface area contributed by atoms with Crippen molar-refractivity contribution in [3.05, 3.63) is 34.9 Å². The van der Waals surface area contributed by atoms with Crippen LogP contribution < -0.4 is 5.32 Å². The molecule has 0 aliphatic carbocycles. The number of rotatable bonds is 4. The minimum Gasteiger partial charge on any atom is -0.313 e. The fraction of sp³-hybridized carbons (Fsp3) is 0.571. The standard InChI is InChI=1S/C14H23N/c1-10(2)8-14(15-5)13-7-6-11(3)9-12(13)4/h6-7,9-10,14-15H,8H2,1-5H3. The maximum atomic E-state index is 3.41. The third-order valence-electron chi connectivity index (χ3n) is 2.86. The van der Waals surface area contributed by atoms with E-state index in [1.165, 1.54) is 23.1 Å². The molecule has 0 saturated heterocycles. The minimum atomic E-state index is 0.491. The van der Waals surface area contributed by atoms with Gasteiger partial charge in [-0.3, -0.25) is 0 Å². The van der Waals surface area contributed by atoms with Crippen molar-refractivity contribution in [2.45, 2.75) is 40.2 Å². The highest BCUT2D eigenvalue weighted by molar-refractivity contribution is 5.32. The van der Waals surface area contributed by atoms with Gasteiger partial charge < -0.3 is 5.32 Å². The van der Waals surface area contributed by atoms with Gasteiger partial charge in [0.1, 0.15) is 0 Å². The predicted octanol–water partition coefficient (Wildman–Crippen LogP) is 3.61. The zero-order chi connectivity index (χ0) is 11.4.